The molecule has 1 amide bonds. The van der Waals surface area contributed by atoms with Gasteiger partial charge >= 0.3 is 6.09 Å². The Kier molecular flexibility index (Phi) is 6.13. The molecule has 2 rings (SSSR count). The van der Waals surface area contributed by atoms with Gasteiger partial charge in [-0.3, -0.25) is 0 Å². The van der Waals surface area contributed by atoms with Crippen LogP contribution >= 0.6 is 0 Å². The molecule has 0 aromatic heterocycles. The van der Waals surface area contributed by atoms with Gasteiger partial charge in [-0.1, -0.05) is 26.2 Å². The Hall–Kier alpha value is -0.770. The second-order valence-electron chi connectivity index (χ2n) is 8.22. The minimum Gasteiger partial charge on any atom is -0.444 e. The molecule has 2 aliphatic rings. The average Bonchev–Trinajstić information content (AvgIpc) is 2.88. The van der Waals surface area contributed by atoms with Gasteiger partial charge in [0, 0.05) is 25.7 Å². The molecule has 2 unspecified atom stereocenters. The van der Waals surface area contributed by atoms with Gasteiger partial charge in [0.1, 0.15) is 5.60 Å². The second-order valence-corrected chi connectivity index (χ2v) is 8.22. The van der Waals surface area contributed by atoms with E-state index < -0.39 is 5.60 Å². The molecule has 0 aromatic rings. The maximum Gasteiger partial charge on any atom is 0.407 e. The van der Waals surface area contributed by atoms with E-state index in [1.165, 1.54) is 45.2 Å². The van der Waals surface area contributed by atoms with Crippen LogP contribution in [-0.2, 0) is 4.74 Å². The van der Waals surface area contributed by atoms with Crippen molar-refractivity contribution >= 4 is 6.09 Å². The van der Waals surface area contributed by atoms with Crippen molar-refractivity contribution in [2.45, 2.75) is 77.9 Å². The van der Waals surface area contributed by atoms with Crippen LogP contribution in [0.15, 0.2) is 0 Å². The summed E-state index contributed by atoms with van der Waals surface area (Å²) in [4.78, 5) is 14.6. The van der Waals surface area contributed by atoms with E-state index in [0.29, 0.717) is 5.92 Å². The van der Waals surface area contributed by atoms with Crippen molar-refractivity contribution in [1.29, 1.82) is 0 Å². The highest BCUT2D eigenvalue weighted by Crippen LogP contribution is 2.28. The number of hydrogen-bond acceptors (Lipinski definition) is 3. The number of likely N-dealkylation sites (tertiary alicyclic amines) is 1. The molecule has 0 spiro atoms. The van der Waals surface area contributed by atoms with Gasteiger partial charge in [0.2, 0.25) is 0 Å². The highest BCUT2D eigenvalue weighted by Gasteiger charge is 2.30. The van der Waals surface area contributed by atoms with E-state index in [4.69, 9.17) is 4.74 Å². The average molecular weight is 310 g/mol. The van der Waals surface area contributed by atoms with Crippen LogP contribution in [0.3, 0.4) is 0 Å². The molecule has 1 aliphatic heterocycles. The van der Waals surface area contributed by atoms with Crippen LogP contribution in [0, 0.1) is 11.8 Å². The summed E-state index contributed by atoms with van der Waals surface area (Å²) in [5, 5.41) is 3.09. The van der Waals surface area contributed by atoms with Gasteiger partial charge in [0.25, 0.3) is 0 Å². The number of carbonyl (C=O) groups is 1. The molecule has 2 atom stereocenters. The van der Waals surface area contributed by atoms with Gasteiger partial charge in [-0.25, -0.2) is 4.79 Å². The lowest BCUT2D eigenvalue weighted by Crippen LogP contribution is -2.52. The summed E-state index contributed by atoms with van der Waals surface area (Å²) in [7, 11) is 0. The van der Waals surface area contributed by atoms with Crippen molar-refractivity contribution in [3.8, 4) is 0 Å². The third-order valence-electron chi connectivity index (χ3n) is 4.90. The highest BCUT2D eigenvalue weighted by molar-refractivity contribution is 5.68. The van der Waals surface area contributed by atoms with Crippen LogP contribution in [0.4, 0.5) is 4.79 Å². The largest absolute Gasteiger partial charge is 0.444 e. The molecule has 4 nitrogen and oxygen atoms in total. The molecule has 1 aliphatic carbocycles. The monoisotopic (exact) mass is 310 g/mol. The van der Waals surface area contributed by atoms with E-state index >= 15 is 0 Å². The fourth-order valence-electron chi connectivity index (χ4n) is 3.88. The maximum absolute atomic E-state index is 12.0. The molecule has 22 heavy (non-hydrogen) atoms. The van der Waals surface area contributed by atoms with Crippen molar-refractivity contribution in [3.05, 3.63) is 0 Å². The van der Waals surface area contributed by atoms with Gasteiger partial charge in [-0.15, -0.1) is 0 Å². The summed E-state index contributed by atoms with van der Waals surface area (Å²) in [6.07, 6.45) is 7.57. The Morgan fingerprint density at radius 2 is 1.86 bits per heavy atom. The molecular weight excluding hydrogens is 276 g/mol. The molecule has 0 aromatic carbocycles. The normalized spacial score (nSPS) is 27.8. The van der Waals surface area contributed by atoms with Crippen LogP contribution in [-0.4, -0.2) is 42.3 Å². The number of nitrogens with zero attached hydrogens (tertiary/aromatic N) is 1. The summed E-state index contributed by atoms with van der Waals surface area (Å²) < 4.78 is 5.41. The smallest absolute Gasteiger partial charge is 0.407 e. The molecule has 0 radical (unpaired) electrons. The van der Waals surface area contributed by atoms with Crippen LogP contribution in [0.5, 0.6) is 0 Å². The first-order valence-electron chi connectivity index (χ1n) is 9.07. The number of carbonyl (C=O) groups excluding carboxylic acids is 1. The van der Waals surface area contributed by atoms with E-state index in [1.54, 1.807) is 0 Å². The fraction of sp³-hybridized carbons (Fsp3) is 0.944. The predicted molar refractivity (Wildman–Crippen MR) is 90.0 cm³/mol. The standard InChI is InChI=1S/C18H34N2O2/c1-5-14-10-16(19-17(21)22-18(2,3)4)13-20(11-14)12-15-8-6-7-9-15/h14-16H,5-13H2,1-4H3,(H,19,21). The first-order valence-corrected chi connectivity index (χ1v) is 9.07. The van der Waals surface area contributed by atoms with Crippen molar-refractivity contribution in [3.63, 3.8) is 0 Å². The molecular formula is C18H34N2O2. The maximum atomic E-state index is 12.0. The van der Waals surface area contributed by atoms with Crippen LogP contribution in [0.1, 0.15) is 66.2 Å². The van der Waals surface area contributed by atoms with Gasteiger partial charge < -0.3 is 15.0 Å². The molecule has 0 bridgehead atoms. The molecule has 4 heteroatoms. The Morgan fingerprint density at radius 3 is 2.45 bits per heavy atom. The van der Waals surface area contributed by atoms with Gasteiger partial charge in [-0.05, 0) is 51.9 Å². The Balaban J connectivity index is 1.85. The summed E-state index contributed by atoms with van der Waals surface area (Å²) >= 11 is 0. The first-order chi connectivity index (χ1) is 10.4. The van der Waals surface area contributed by atoms with Crippen LogP contribution in [0.25, 0.3) is 0 Å². The summed E-state index contributed by atoms with van der Waals surface area (Å²) in [6.45, 7) is 11.4. The van der Waals surface area contributed by atoms with E-state index in [-0.39, 0.29) is 12.1 Å². The molecule has 1 saturated carbocycles. The van der Waals surface area contributed by atoms with E-state index in [2.05, 4.69) is 17.1 Å². The van der Waals surface area contributed by atoms with Crippen molar-refractivity contribution in [2.75, 3.05) is 19.6 Å². The highest BCUT2D eigenvalue weighted by atomic mass is 16.6. The van der Waals surface area contributed by atoms with Gasteiger partial charge in [0.05, 0.1) is 0 Å². The van der Waals surface area contributed by atoms with Gasteiger partial charge in [0.15, 0.2) is 0 Å². The van der Waals surface area contributed by atoms with Crippen molar-refractivity contribution in [2.24, 2.45) is 11.8 Å². The lowest BCUT2D eigenvalue weighted by atomic mass is 9.91. The third-order valence-corrected chi connectivity index (χ3v) is 4.90. The molecule has 128 valence electrons. The fourth-order valence-corrected chi connectivity index (χ4v) is 3.88. The topological polar surface area (TPSA) is 41.6 Å². The Labute approximate surface area is 136 Å². The number of rotatable bonds is 4. The van der Waals surface area contributed by atoms with Crippen molar-refractivity contribution in [1.82, 2.24) is 10.2 Å². The Morgan fingerprint density at radius 1 is 1.18 bits per heavy atom. The zero-order valence-electron chi connectivity index (χ0n) is 14.9. The number of ether oxygens (including phenoxy) is 1. The lowest BCUT2D eigenvalue weighted by Gasteiger charge is -2.39. The number of alkyl carbamates (subject to hydrolysis) is 1. The predicted octanol–water partition coefficient (Wildman–Crippen LogP) is 3.80. The van der Waals surface area contributed by atoms with Crippen LogP contribution in [0.2, 0.25) is 0 Å². The zero-order valence-corrected chi connectivity index (χ0v) is 14.9. The zero-order chi connectivity index (χ0) is 16.2. The number of nitrogens with one attached hydrogen (secondary N) is 1. The summed E-state index contributed by atoms with van der Waals surface area (Å²) in [5.74, 6) is 1.56. The second kappa shape index (κ2) is 7.67. The molecule has 1 heterocycles. The molecule has 1 saturated heterocycles. The summed E-state index contributed by atoms with van der Waals surface area (Å²) in [6, 6.07) is 0.231. The van der Waals surface area contributed by atoms with Crippen LogP contribution < -0.4 is 5.32 Å². The number of amides is 1. The van der Waals surface area contributed by atoms with Gasteiger partial charge in [-0.2, -0.15) is 0 Å². The minimum absolute atomic E-state index is 0.231. The third kappa shape index (κ3) is 5.79. The number of hydrogen-bond donors (Lipinski definition) is 1. The minimum atomic E-state index is -0.424. The molecule has 2 fully saturated rings. The SMILES string of the molecule is CCC1CC(NC(=O)OC(C)(C)C)CN(CC2CCCC2)C1. The van der Waals surface area contributed by atoms with Crippen molar-refractivity contribution < 1.29 is 9.53 Å². The quantitative estimate of drug-likeness (QED) is 0.858. The van der Waals surface area contributed by atoms with E-state index in [9.17, 15) is 4.79 Å². The van der Waals surface area contributed by atoms with E-state index in [1.807, 2.05) is 20.8 Å². The number of piperidine rings is 1. The van der Waals surface area contributed by atoms with E-state index in [0.717, 1.165) is 18.9 Å². The lowest BCUT2D eigenvalue weighted by molar-refractivity contribution is 0.0438. The summed E-state index contributed by atoms with van der Waals surface area (Å²) in [5.41, 5.74) is -0.424. The molecule has 1 N–H and O–H groups in total. The first kappa shape index (κ1) is 17.6. The Bertz CT molecular complexity index is 359.